The van der Waals surface area contributed by atoms with Crippen LogP contribution in [0.4, 0.5) is 5.69 Å². The van der Waals surface area contributed by atoms with Gasteiger partial charge in [0.1, 0.15) is 5.75 Å². The molecule has 0 saturated carbocycles. The topological polar surface area (TPSA) is 80.5 Å². The summed E-state index contributed by atoms with van der Waals surface area (Å²) in [5.74, 6) is 2.03. The molecule has 4 rings (SSSR count). The summed E-state index contributed by atoms with van der Waals surface area (Å²) in [5.41, 5.74) is 1.71. The second-order valence-electron chi connectivity index (χ2n) is 7.38. The van der Waals surface area contributed by atoms with Gasteiger partial charge in [0.15, 0.2) is 0 Å². The van der Waals surface area contributed by atoms with Crippen LogP contribution in [0.1, 0.15) is 25.7 Å². The van der Waals surface area contributed by atoms with Crippen molar-refractivity contribution in [2.45, 2.75) is 26.3 Å². The first kappa shape index (κ1) is 20.1. The fraction of sp³-hybridized carbons (Fsp3) is 0.348. The first-order valence-corrected chi connectivity index (χ1v) is 10.4. The van der Waals surface area contributed by atoms with E-state index in [1.165, 1.54) is 0 Å². The molecule has 0 aliphatic carbocycles. The molecule has 2 heterocycles. The smallest absolute Gasteiger partial charge is 0.241 e. The molecule has 7 nitrogen and oxygen atoms in total. The molecule has 0 atom stereocenters. The van der Waals surface area contributed by atoms with Gasteiger partial charge in [-0.3, -0.25) is 9.69 Å². The number of hydrogen-bond acceptors (Lipinski definition) is 6. The molecule has 1 fully saturated rings. The number of piperidine rings is 1. The van der Waals surface area contributed by atoms with Gasteiger partial charge in [-0.25, -0.2) is 0 Å². The van der Waals surface area contributed by atoms with E-state index < -0.39 is 0 Å². The molecule has 1 N–H and O–H groups in total. The zero-order valence-corrected chi connectivity index (χ0v) is 17.1. The number of likely N-dealkylation sites (tertiary alicyclic amines) is 1. The monoisotopic (exact) mass is 406 g/mol. The summed E-state index contributed by atoms with van der Waals surface area (Å²) in [6.07, 6.45) is 1.60. The predicted octanol–water partition coefficient (Wildman–Crippen LogP) is 3.99. The normalized spacial score (nSPS) is 15.1. The van der Waals surface area contributed by atoms with Crippen molar-refractivity contribution in [3.63, 3.8) is 0 Å². The van der Waals surface area contributed by atoms with E-state index in [0.717, 1.165) is 42.9 Å². The lowest BCUT2D eigenvalue weighted by molar-refractivity contribution is -0.121. The number of benzene rings is 2. The van der Waals surface area contributed by atoms with E-state index in [1.54, 1.807) is 0 Å². The van der Waals surface area contributed by atoms with E-state index in [1.807, 2.05) is 61.5 Å². The lowest BCUT2D eigenvalue weighted by Gasteiger charge is -2.30. The molecule has 7 heteroatoms. The van der Waals surface area contributed by atoms with E-state index in [9.17, 15) is 4.79 Å². The lowest BCUT2D eigenvalue weighted by Crippen LogP contribution is -2.37. The Hall–Kier alpha value is -3.19. The van der Waals surface area contributed by atoms with Gasteiger partial charge in [0, 0.05) is 23.2 Å². The van der Waals surface area contributed by atoms with Gasteiger partial charge < -0.3 is 14.6 Å². The Morgan fingerprint density at radius 3 is 2.73 bits per heavy atom. The third kappa shape index (κ3) is 5.04. The molecular formula is C23H26N4O3. The number of ether oxygens (including phenoxy) is 1. The zero-order chi connectivity index (χ0) is 20.8. The highest BCUT2D eigenvalue weighted by atomic mass is 16.5. The maximum atomic E-state index is 12.7. The number of nitrogens with one attached hydrogen (secondary N) is 1. The van der Waals surface area contributed by atoms with Gasteiger partial charge in [0.2, 0.25) is 17.6 Å². The molecule has 0 bridgehead atoms. The number of carbonyl (C=O) groups excluding carboxylic acids is 1. The number of carbonyl (C=O) groups is 1. The van der Waals surface area contributed by atoms with E-state index in [-0.39, 0.29) is 11.8 Å². The molecule has 30 heavy (non-hydrogen) atoms. The number of nitrogens with zero attached hydrogens (tertiary/aromatic N) is 3. The van der Waals surface area contributed by atoms with Crippen molar-refractivity contribution in [1.82, 2.24) is 15.0 Å². The third-order valence-corrected chi connectivity index (χ3v) is 5.23. The highest BCUT2D eigenvalue weighted by Crippen LogP contribution is 2.23. The van der Waals surface area contributed by atoms with E-state index in [0.29, 0.717) is 24.9 Å². The molecule has 1 aliphatic heterocycles. The number of aromatic nitrogens is 2. The maximum Gasteiger partial charge on any atom is 0.241 e. The molecule has 1 amide bonds. The minimum Gasteiger partial charge on any atom is -0.494 e. The molecule has 1 saturated heterocycles. The van der Waals surface area contributed by atoms with E-state index in [2.05, 4.69) is 20.4 Å². The molecule has 0 radical (unpaired) electrons. The van der Waals surface area contributed by atoms with Crippen LogP contribution in [0.2, 0.25) is 0 Å². The van der Waals surface area contributed by atoms with Crippen molar-refractivity contribution >= 4 is 11.6 Å². The predicted molar refractivity (Wildman–Crippen MR) is 114 cm³/mol. The SMILES string of the molecule is CCOc1cccc(NC(=O)C2CCN(Cc3nc(-c4ccccc4)no3)CC2)c1. The molecule has 3 aromatic rings. The first-order valence-electron chi connectivity index (χ1n) is 10.4. The second kappa shape index (κ2) is 9.54. The lowest BCUT2D eigenvalue weighted by atomic mass is 9.96. The summed E-state index contributed by atoms with van der Waals surface area (Å²) in [6.45, 7) is 4.78. The number of rotatable bonds is 7. The summed E-state index contributed by atoms with van der Waals surface area (Å²) >= 11 is 0. The van der Waals surface area contributed by atoms with Crippen molar-refractivity contribution in [2.24, 2.45) is 5.92 Å². The van der Waals surface area contributed by atoms with Gasteiger partial charge >= 0.3 is 0 Å². The number of amides is 1. The molecule has 0 spiro atoms. The molecular weight excluding hydrogens is 380 g/mol. The van der Waals surface area contributed by atoms with Crippen LogP contribution in [0, 0.1) is 5.92 Å². The van der Waals surface area contributed by atoms with Crippen LogP contribution in [0.25, 0.3) is 11.4 Å². The summed E-state index contributed by atoms with van der Waals surface area (Å²) in [5, 5.41) is 7.09. The molecule has 0 unspecified atom stereocenters. The van der Waals surface area contributed by atoms with Crippen LogP contribution in [-0.4, -0.2) is 40.6 Å². The summed E-state index contributed by atoms with van der Waals surface area (Å²) in [4.78, 5) is 19.4. The Balaban J connectivity index is 1.27. The van der Waals surface area contributed by atoms with Gasteiger partial charge in [0.25, 0.3) is 0 Å². The van der Waals surface area contributed by atoms with Crippen molar-refractivity contribution in [1.29, 1.82) is 0 Å². The minimum atomic E-state index is -0.000403. The molecule has 2 aromatic carbocycles. The van der Waals surface area contributed by atoms with Crippen molar-refractivity contribution in [3.05, 3.63) is 60.5 Å². The average molecular weight is 406 g/mol. The quantitative estimate of drug-likeness (QED) is 0.639. The van der Waals surface area contributed by atoms with Crippen LogP contribution >= 0.6 is 0 Å². The van der Waals surface area contributed by atoms with Crippen LogP contribution in [0.5, 0.6) is 5.75 Å². The third-order valence-electron chi connectivity index (χ3n) is 5.23. The maximum absolute atomic E-state index is 12.7. The van der Waals surface area contributed by atoms with Crippen LogP contribution in [-0.2, 0) is 11.3 Å². The number of anilines is 1. The molecule has 1 aliphatic rings. The van der Waals surface area contributed by atoms with Crippen LogP contribution in [0.15, 0.2) is 59.1 Å². The summed E-state index contributed by atoms with van der Waals surface area (Å²) in [7, 11) is 0. The van der Waals surface area contributed by atoms with Crippen molar-refractivity contribution in [3.8, 4) is 17.1 Å². The van der Waals surface area contributed by atoms with Crippen molar-refractivity contribution < 1.29 is 14.1 Å². The van der Waals surface area contributed by atoms with Gasteiger partial charge in [-0.2, -0.15) is 4.98 Å². The van der Waals surface area contributed by atoms with Crippen LogP contribution < -0.4 is 10.1 Å². The van der Waals surface area contributed by atoms with E-state index in [4.69, 9.17) is 9.26 Å². The first-order chi connectivity index (χ1) is 14.7. The van der Waals surface area contributed by atoms with Gasteiger partial charge in [-0.1, -0.05) is 41.6 Å². The average Bonchev–Trinajstić information content (AvgIpc) is 3.24. The molecule has 156 valence electrons. The summed E-state index contributed by atoms with van der Waals surface area (Å²) in [6, 6.07) is 17.3. The second-order valence-corrected chi connectivity index (χ2v) is 7.38. The minimum absolute atomic E-state index is 0.000403. The highest BCUT2D eigenvalue weighted by molar-refractivity contribution is 5.92. The highest BCUT2D eigenvalue weighted by Gasteiger charge is 2.26. The number of hydrogen-bond donors (Lipinski definition) is 1. The molecule has 1 aromatic heterocycles. The fourth-order valence-corrected chi connectivity index (χ4v) is 3.64. The van der Waals surface area contributed by atoms with Gasteiger partial charge in [-0.15, -0.1) is 0 Å². The Kier molecular flexibility index (Phi) is 6.39. The Labute approximate surface area is 176 Å². The van der Waals surface area contributed by atoms with Gasteiger partial charge in [-0.05, 0) is 45.0 Å². The standard InChI is InChI=1S/C23H26N4O3/c1-2-29-20-10-6-9-19(15-20)24-23(28)18-11-13-27(14-12-18)16-21-25-22(26-30-21)17-7-4-3-5-8-17/h3-10,15,18H,2,11-14,16H2,1H3,(H,24,28). The zero-order valence-electron chi connectivity index (χ0n) is 17.1. The van der Waals surface area contributed by atoms with Crippen LogP contribution in [0.3, 0.4) is 0 Å². The van der Waals surface area contributed by atoms with E-state index >= 15 is 0 Å². The fourth-order valence-electron chi connectivity index (χ4n) is 3.64. The van der Waals surface area contributed by atoms with Crippen molar-refractivity contribution in [2.75, 3.05) is 25.0 Å². The summed E-state index contributed by atoms with van der Waals surface area (Å²) < 4.78 is 10.9. The van der Waals surface area contributed by atoms with Gasteiger partial charge in [0.05, 0.1) is 13.2 Å². The Morgan fingerprint density at radius 1 is 1.17 bits per heavy atom. The largest absolute Gasteiger partial charge is 0.494 e. The Morgan fingerprint density at radius 2 is 1.97 bits per heavy atom. The Bertz CT molecular complexity index is 965.